The van der Waals surface area contributed by atoms with Gasteiger partial charge in [0.1, 0.15) is 17.8 Å². The van der Waals surface area contributed by atoms with E-state index in [-0.39, 0.29) is 29.5 Å². The van der Waals surface area contributed by atoms with Gasteiger partial charge in [-0.1, -0.05) is 0 Å². The minimum atomic E-state index is -0.352. The first-order valence-electron chi connectivity index (χ1n) is 10.3. The van der Waals surface area contributed by atoms with E-state index in [0.717, 1.165) is 0 Å². The van der Waals surface area contributed by atoms with Crippen LogP contribution in [-0.2, 0) is 9.63 Å². The van der Waals surface area contributed by atoms with E-state index in [2.05, 4.69) is 34.5 Å². The molecule has 32 heavy (non-hydrogen) atoms. The number of carbonyl (C=O) groups is 2. The third-order valence-corrected chi connectivity index (χ3v) is 6.03. The fourth-order valence-corrected chi connectivity index (χ4v) is 4.16. The van der Waals surface area contributed by atoms with Crippen molar-refractivity contribution in [3.05, 3.63) is 35.7 Å². The molecule has 2 unspecified atom stereocenters. The van der Waals surface area contributed by atoms with E-state index in [4.69, 9.17) is 10.1 Å². The molecule has 2 fully saturated rings. The molecule has 0 bridgehead atoms. The Labute approximate surface area is 187 Å². The van der Waals surface area contributed by atoms with Crippen molar-refractivity contribution in [3.63, 3.8) is 0 Å². The first-order valence-corrected chi connectivity index (χ1v) is 10.9. The van der Waals surface area contributed by atoms with Crippen LogP contribution in [0.5, 0.6) is 0 Å². The lowest BCUT2D eigenvalue weighted by Crippen LogP contribution is -2.43. The minimum absolute atomic E-state index is 0.0939. The highest BCUT2D eigenvalue weighted by Crippen LogP contribution is 2.32. The fraction of sp³-hybridized carbons (Fsp3) is 0.450. The second kappa shape index (κ2) is 9.51. The molecule has 0 radical (unpaired) electrons. The Morgan fingerprint density at radius 2 is 2.00 bits per heavy atom. The smallest absolute Gasteiger partial charge is 0.270 e. The molecule has 1 N–H and O–H groups in total. The van der Waals surface area contributed by atoms with Crippen molar-refractivity contribution >= 4 is 32.3 Å². The monoisotopic (exact) mass is 454 g/mol. The van der Waals surface area contributed by atoms with E-state index in [1.54, 1.807) is 19.4 Å². The molecule has 4 heterocycles. The van der Waals surface area contributed by atoms with Crippen LogP contribution < -0.4 is 15.5 Å². The third kappa shape index (κ3) is 4.38. The summed E-state index contributed by atoms with van der Waals surface area (Å²) in [7, 11) is 4.02. The minimum Gasteiger partial charge on any atom is -0.354 e. The van der Waals surface area contributed by atoms with Gasteiger partial charge in [-0.2, -0.15) is 5.26 Å². The van der Waals surface area contributed by atoms with Gasteiger partial charge >= 0.3 is 0 Å². The summed E-state index contributed by atoms with van der Waals surface area (Å²) in [6.45, 7) is 1.58. The molecule has 11 nitrogen and oxygen atoms in total. The highest BCUT2D eigenvalue weighted by Gasteiger charge is 2.38. The highest BCUT2D eigenvalue weighted by molar-refractivity contribution is 7.27. The molecular weight excluding hydrogens is 431 g/mol. The molecule has 166 valence electrons. The predicted molar refractivity (Wildman–Crippen MR) is 117 cm³/mol. The fourth-order valence-electron chi connectivity index (χ4n) is 3.89. The molecule has 0 aliphatic carbocycles. The van der Waals surface area contributed by atoms with Crippen molar-refractivity contribution < 1.29 is 14.4 Å². The van der Waals surface area contributed by atoms with Crippen LogP contribution in [0.15, 0.2) is 18.6 Å². The standard InChI is InChI=1S/C20H23N8O3P/c1-22-18(29)17-16(32)11-24-20(26-17)27-5-2-12(3-6-27)19(30)28-15(4-7-31-28)14-10-23-9-13(8-21)25-14/h9-12,15H,2-7,32H2,1H3,(H,22,29). The summed E-state index contributed by atoms with van der Waals surface area (Å²) in [5.41, 5.74) is 1.08. The normalized spacial score (nSPS) is 19.0. The lowest BCUT2D eigenvalue weighted by Gasteiger charge is -2.34. The zero-order chi connectivity index (χ0) is 22.7. The predicted octanol–water partition coefficient (Wildman–Crippen LogP) is 0.120. The van der Waals surface area contributed by atoms with E-state index in [1.165, 1.54) is 11.3 Å². The van der Waals surface area contributed by atoms with Crippen LogP contribution in [0.25, 0.3) is 0 Å². The Morgan fingerprint density at radius 3 is 2.72 bits per heavy atom. The van der Waals surface area contributed by atoms with Crippen molar-refractivity contribution in [3.8, 4) is 6.07 Å². The molecular formula is C20H23N8O3P. The zero-order valence-corrected chi connectivity index (χ0v) is 18.7. The van der Waals surface area contributed by atoms with Gasteiger partial charge in [0.15, 0.2) is 5.69 Å². The van der Waals surface area contributed by atoms with Crippen LogP contribution in [-0.4, -0.2) is 63.6 Å². The molecule has 2 aromatic rings. The lowest BCUT2D eigenvalue weighted by molar-refractivity contribution is -0.182. The molecule has 0 saturated carbocycles. The summed E-state index contributed by atoms with van der Waals surface area (Å²) in [5.74, 6) is -0.106. The Hall–Kier alpha value is -3.22. The highest BCUT2D eigenvalue weighted by atomic mass is 31.0. The largest absolute Gasteiger partial charge is 0.354 e. The zero-order valence-electron chi connectivity index (χ0n) is 17.6. The number of amides is 2. The van der Waals surface area contributed by atoms with Gasteiger partial charge in [-0.15, -0.1) is 9.24 Å². The molecule has 12 heteroatoms. The average Bonchev–Trinajstić information content (AvgIpc) is 3.33. The SMILES string of the molecule is CNC(=O)c1nc(N2CCC(C(=O)N3OCCC3c3cncc(C#N)n3)CC2)ncc1P. The topological polar surface area (TPSA) is 137 Å². The molecule has 2 atom stereocenters. The number of nitrogens with zero attached hydrogens (tertiary/aromatic N) is 7. The van der Waals surface area contributed by atoms with Crippen molar-refractivity contribution in [2.45, 2.75) is 25.3 Å². The summed E-state index contributed by atoms with van der Waals surface area (Å²) >= 11 is 0. The van der Waals surface area contributed by atoms with E-state index >= 15 is 0 Å². The maximum Gasteiger partial charge on any atom is 0.270 e. The van der Waals surface area contributed by atoms with Crippen LogP contribution in [0.1, 0.15) is 47.2 Å². The molecule has 0 aromatic carbocycles. The molecule has 4 rings (SSSR count). The van der Waals surface area contributed by atoms with Gasteiger partial charge in [0.25, 0.3) is 5.91 Å². The first-order chi connectivity index (χ1) is 15.5. The summed E-state index contributed by atoms with van der Waals surface area (Å²) in [6.07, 6.45) is 6.38. The van der Waals surface area contributed by atoms with Gasteiger partial charge in [0.2, 0.25) is 11.9 Å². The van der Waals surface area contributed by atoms with Crippen LogP contribution in [0, 0.1) is 17.2 Å². The average molecular weight is 454 g/mol. The van der Waals surface area contributed by atoms with Crippen LogP contribution in [0.2, 0.25) is 0 Å². The second-order valence-corrected chi connectivity index (χ2v) is 8.18. The maximum absolute atomic E-state index is 13.2. The number of piperidine rings is 1. The van der Waals surface area contributed by atoms with Crippen molar-refractivity contribution in [2.24, 2.45) is 5.92 Å². The van der Waals surface area contributed by atoms with E-state index in [1.807, 2.05) is 11.0 Å². The second-order valence-electron chi connectivity index (χ2n) is 7.56. The molecule has 2 amide bonds. The van der Waals surface area contributed by atoms with Gasteiger partial charge in [-0.05, 0) is 12.8 Å². The lowest BCUT2D eigenvalue weighted by atomic mass is 9.95. The number of nitriles is 1. The van der Waals surface area contributed by atoms with E-state index in [9.17, 15) is 9.59 Å². The molecule has 2 aliphatic rings. The summed E-state index contributed by atoms with van der Waals surface area (Å²) in [4.78, 5) is 49.9. The quantitative estimate of drug-likeness (QED) is 0.639. The van der Waals surface area contributed by atoms with Crippen molar-refractivity contribution in [2.75, 3.05) is 31.6 Å². The van der Waals surface area contributed by atoms with E-state index in [0.29, 0.717) is 61.6 Å². The third-order valence-electron chi connectivity index (χ3n) is 5.60. The van der Waals surface area contributed by atoms with Gasteiger partial charge in [0, 0.05) is 44.0 Å². The maximum atomic E-state index is 13.2. The van der Waals surface area contributed by atoms with Gasteiger partial charge < -0.3 is 10.2 Å². The molecule has 2 aromatic heterocycles. The number of rotatable bonds is 4. The molecule has 0 spiro atoms. The Balaban J connectivity index is 1.42. The number of hydrogen-bond donors (Lipinski definition) is 1. The number of hydrogen-bond acceptors (Lipinski definition) is 9. The number of nitrogens with one attached hydrogen (secondary N) is 1. The van der Waals surface area contributed by atoms with E-state index < -0.39 is 0 Å². The number of anilines is 1. The van der Waals surface area contributed by atoms with Gasteiger partial charge in [-0.3, -0.25) is 19.4 Å². The Kier molecular flexibility index (Phi) is 6.53. The number of hydroxylamine groups is 2. The molecule has 2 saturated heterocycles. The summed E-state index contributed by atoms with van der Waals surface area (Å²) in [6, 6.07) is 1.62. The van der Waals surface area contributed by atoms with Crippen molar-refractivity contribution in [1.29, 1.82) is 5.26 Å². The number of aromatic nitrogens is 4. The van der Waals surface area contributed by atoms with Gasteiger partial charge in [0.05, 0.1) is 24.7 Å². The Bertz CT molecular complexity index is 1070. The van der Waals surface area contributed by atoms with Crippen LogP contribution in [0.4, 0.5) is 5.95 Å². The Morgan fingerprint density at radius 1 is 1.22 bits per heavy atom. The number of carbonyl (C=O) groups excluding carboxylic acids is 2. The van der Waals surface area contributed by atoms with Crippen LogP contribution in [0.3, 0.4) is 0 Å². The van der Waals surface area contributed by atoms with Crippen molar-refractivity contribution in [1.82, 2.24) is 30.3 Å². The summed E-state index contributed by atoms with van der Waals surface area (Å²) < 4.78 is 0. The summed E-state index contributed by atoms with van der Waals surface area (Å²) in [5, 5.41) is 13.7. The van der Waals surface area contributed by atoms with Gasteiger partial charge in [-0.25, -0.2) is 20.0 Å². The van der Waals surface area contributed by atoms with Crippen LogP contribution >= 0.6 is 9.24 Å². The molecule has 2 aliphatic heterocycles. The first kappa shape index (κ1) is 22.0.